The molecule has 1 amide bonds. The van der Waals surface area contributed by atoms with E-state index in [0.29, 0.717) is 4.47 Å². The van der Waals surface area contributed by atoms with Gasteiger partial charge in [0.25, 0.3) is 0 Å². The standard InChI is InChI=1S/C12H11BrF3NO/c13-8-1-2-10(9(14)5-8)17-11(18)7-3-4-12(15,16)6-7/h1-2,5,7H,3-4,6H2,(H,17,18). The van der Waals surface area contributed by atoms with E-state index in [2.05, 4.69) is 21.2 Å². The number of alkyl halides is 2. The Balaban J connectivity index is 2.04. The van der Waals surface area contributed by atoms with Crippen LogP contribution in [-0.4, -0.2) is 11.8 Å². The summed E-state index contributed by atoms with van der Waals surface area (Å²) in [5.41, 5.74) is 0.0124. The van der Waals surface area contributed by atoms with E-state index in [0.717, 1.165) is 0 Å². The van der Waals surface area contributed by atoms with Crippen LogP contribution in [0.25, 0.3) is 0 Å². The molecule has 98 valence electrons. The highest BCUT2D eigenvalue weighted by atomic mass is 79.9. The zero-order valence-electron chi connectivity index (χ0n) is 9.35. The molecule has 2 nitrogen and oxygen atoms in total. The van der Waals surface area contributed by atoms with Gasteiger partial charge < -0.3 is 5.32 Å². The van der Waals surface area contributed by atoms with E-state index in [1.54, 1.807) is 6.07 Å². The first-order chi connectivity index (χ1) is 8.37. The van der Waals surface area contributed by atoms with Crippen LogP contribution < -0.4 is 5.32 Å². The summed E-state index contributed by atoms with van der Waals surface area (Å²) in [5.74, 6) is -4.67. The summed E-state index contributed by atoms with van der Waals surface area (Å²) in [4.78, 5) is 11.7. The molecule has 1 unspecified atom stereocenters. The molecule has 0 saturated heterocycles. The summed E-state index contributed by atoms with van der Waals surface area (Å²) in [5, 5.41) is 2.35. The van der Waals surface area contributed by atoms with Gasteiger partial charge in [-0.1, -0.05) is 15.9 Å². The van der Waals surface area contributed by atoms with Gasteiger partial charge in [-0.2, -0.15) is 0 Å². The average molecular weight is 322 g/mol. The molecule has 0 bridgehead atoms. The monoisotopic (exact) mass is 321 g/mol. The van der Waals surface area contributed by atoms with Crippen molar-refractivity contribution in [2.75, 3.05) is 5.32 Å². The molecule has 0 radical (unpaired) electrons. The first kappa shape index (κ1) is 13.4. The molecular formula is C12H11BrF3NO. The van der Waals surface area contributed by atoms with Crippen LogP contribution in [0.15, 0.2) is 22.7 Å². The van der Waals surface area contributed by atoms with Crippen molar-refractivity contribution in [3.05, 3.63) is 28.5 Å². The Morgan fingerprint density at radius 3 is 2.72 bits per heavy atom. The third kappa shape index (κ3) is 3.04. The van der Waals surface area contributed by atoms with E-state index >= 15 is 0 Å². The molecule has 0 heterocycles. The molecule has 1 N–H and O–H groups in total. The SMILES string of the molecule is O=C(Nc1ccc(Br)cc1F)C1CCC(F)(F)C1. The highest BCUT2D eigenvalue weighted by Crippen LogP contribution is 2.39. The van der Waals surface area contributed by atoms with E-state index < -0.39 is 30.0 Å². The number of benzene rings is 1. The van der Waals surface area contributed by atoms with Crippen LogP contribution in [0.2, 0.25) is 0 Å². The lowest BCUT2D eigenvalue weighted by molar-refractivity contribution is -0.120. The molecule has 1 aliphatic rings. The number of hydrogen-bond donors (Lipinski definition) is 1. The zero-order valence-corrected chi connectivity index (χ0v) is 10.9. The van der Waals surface area contributed by atoms with Crippen molar-refractivity contribution in [1.82, 2.24) is 0 Å². The molecule has 1 aliphatic carbocycles. The summed E-state index contributed by atoms with van der Waals surface area (Å²) in [6.45, 7) is 0. The molecule has 0 aromatic heterocycles. The van der Waals surface area contributed by atoms with Gasteiger partial charge in [0.2, 0.25) is 11.8 Å². The fourth-order valence-electron chi connectivity index (χ4n) is 2.00. The van der Waals surface area contributed by atoms with Crippen LogP contribution in [0.5, 0.6) is 0 Å². The zero-order chi connectivity index (χ0) is 13.3. The highest BCUT2D eigenvalue weighted by Gasteiger charge is 2.42. The number of nitrogens with one attached hydrogen (secondary N) is 1. The molecule has 1 aromatic carbocycles. The van der Waals surface area contributed by atoms with Crippen molar-refractivity contribution >= 4 is 27.5 Å². The summed E-state index contributed by atoms with van der Waals surface area (Å²) in [6.07, 6.45) is -0.609. The molecule has 1 aromatic rings. The second-order valence-electron chi connectivity index (χ2n) is 4.41. The largest absolute Gasteiger partial charge is 0.323 e. The molecule has 6 heteroatoms. The maximum Gasteiger partial charge on any atom is 0.248 e. The predicted octanol–water partition coefficient (Wildman–Crippen LogP) is 3.96. The molecule has 1 saturated carbocycles. The smallest absolute Gasteiger partial charge is 0.248 e. The van der Waals surface area contributed by atoms with Crippen molar-refractivity contribution in [2.45, 2.75) is 25.2 Å². The van der Waals surface area contributed by atoms with Crippen LogP contribution in [0.3, 0.4) is 0 Å². The maximum atomic E-state index is 13.5. The highest BCUT2D eigenvalue weighted by molar-refractivity contribution is 9.10. The van der Waals surface area contributed by atoms with E-state index in [-0.39, 0.29) is 18.5 Å². The second-order valence-corrected chi connectivity index (χ2v) is 5.32. The van der Waals surface area contributed by atoms with Crippen LogP contribution in [0.4, 0.5) is 18.9 Å². The fourth-order valence-corrected chi connectivity index (χ4v) is 2.33. The minimum Gasteiger partial charge on any atom is -0.323 e. The topological polar surface area (TPSA) is 29.1 Å². The van der Waals surface area contributed by atoms with Gasteiger partial charge in [0.1, 0.15) is 5.82 Å². The van der Waals surface area contributed by atoms with Crippen molar-refractivity contribution in [3.63, 3.8) is 0 Å². The normalized spacial score (nSPS) is 21.9. The summed E-state index contributed by atoms with van der Waals surface area (Å²) in [6, 6.07) is 4.17. The summed E-state index contributed by atoms with van der Waals surface area (Å²) < 4.78 is 39.9. The van der Waals surface area contributed by atoms with Gasteiger partial charge in [-0.15, -0.1) is 0 Å². The lowest BCUT2D eigenvalue weighted by Crippen LogP contribution is -2.22. The Labute approximate surface area is 111 Å². The Bertz CT molecular complexity index is 478. The number of hydrogen-bond acceptors (Lipinski definition) is 1. The maximum absolute atomic E-state index is 13.5. The summed E-state index contributed by atoms with van der Waals surface area (Å²) in [7, 11) is 0. The third-order valence-electron chi connectivity index (χ3n) is 2.96. The van der Waals surface area contributed by atoms with Gasteiger partial charge in [0, 0.05) is 23.2 Å². The summed E-state index contributed by atoms with van der Waals surface area (Å²) >= 11 is 3.09. The van der Waals surface area contributed by atoms with Crippen LogP contribution in [0, 0.1) is 11.7 Å². The van der Waals surface area contributed by atoms with Crippen molar-refractivity contribution in [2.24, 2.45) is 5.92 Å². The van der Waals surface area contributed by atoms with Gasteiger partial charge in [0.15, 0.2) is 0 Å². The van der Waals surface area contributed by atoms with E-state index in [9.17, 15) is 18.0 Å². The van der Waals surface area contributed by atoms with E-state index in [1.807, 2.05) is 0 Å². The second kappa shape index (κ2) is 4.91. The molecule has 0 spiro atoms. The minimum atomic E-state index is -2.78. The van der Waals surface area contributed by atoms with Gasteiger partial charge in [-0.05, 0) is 24.6 Å². The van der Waals surface area contributed by atoms with Gasteiger partial charge in [-0.25, -0.2) is 13.2 Å². The Kier molecular flexibility index (Phi) is 3.66. The number of rotatable bonds is 2. The molecule has 0 aliphatic heterocycles. The molecule has 18 heavy (non-hydrogen) atoms. The Morgan fingerprint density at radius 2 is 2.17 bits per heavy atom. The van der Waals surface area contributed by atoms with Crippen LogP contribution in [-0.2, 0) is 4.79 Å². The van der Waals surface area contributed by atoms with Gasteiger partial charge >= 0.3 is 0 Å². The predicted molar refractivity (Wildman–Crippen MR) is 65.0 cm³/mol. The first-order valence-corrected chi connectivity index (χ1v) is 6.30. The number of carbonyl (C=O) groups is 1. The van der Waals surface area contributed by atoms with Crippen molar-refractivity contribution in [3.8, 4) is 0 Å². The Hall–Kier alpha value is -1.04. The number of halogens is 4. The molecule has 1 fully saturated rings. The van der Waals surface area contributed by atoms with Gasteiger partial charge in [-0.3, -0.25) is 4.79 Å². The lowest BCUT2D eigenvalue weighted by atomic mass is 10.1. The van der Waals surface area contributed by atoms with Crippen molar-refractivity contribution < 1.29 is 18.0 Å². The molecule has 2 rings (SSSR count). The van der Waals surface area contributed by atoms with Crippen LogP contribution in [0.1, 0.15) is 19.3 Å². The quantitative estimate of drug-likeness (QED) is 0.877. The number of amides is 1. The first-order valence-electron chi connectivity index (χ1n) is 5.51. The average Bonchev–Trinajstić information content (AvgIpc) is 2.63. The lowest BCUT2D eigenvalue weighted by Gasteiger charge is -2.12. The molecule has 1 atom stereocenters. The Morgan fingerprint density at radius 1 is 1.44 bits per heavy atom. The van der Waals surface area contributed by atoms with Crippen LogP contribution >= 0.6 is 15.9 Å². The minimum absolute atomic E-state index is 0.0124. The number of carbonyl (C=O) groups excluding carboxylic acids is 1. The number of anilines is 1. The third-order valence-corrected chi connectivity index (χ3v) is 3.46. The molecular weight excluding hydrogens is 311 g/mol. The van der Waals surface area contributed by atoms with E-state index in [4.69, 9.17) is 0 Å². The van der Waals surface area contributed by atoms with E-state index in [1.165, 1.54) is 12.1 Å². The van der Waals surface area contributed by atoms with Crippen molar-refractivity contribution in [1.29, 1.82) is 0 Å². The van der Waals surface area contributed by atoms with Gasteiger partial charge in [0.05, 0.1) is 5.69 Å². The fraction of sp³-hybridized carbons (Fsp3) is 0.417.